The summed E-state index contributed by atoms with van der Waals surface area (Å²) in [5.74, 6) is 0.660. The van der Waals surface area contributed by atoms with Crippen molar-refractivity contribution in [3.8, 4) is 0 Å². The van der Waals surface area contributed by atoms with Gasteiger partial charge in [-0.3, -0.25) is 4.79 Å². The number of benzene rings is 1. The standard InChI is InChI=1S/C15H18O2S/c16-15-11-6-8-13(15)7-4-5-12-18(17)14-9-2-1-3-10-14/h1-3,5,9-10,12-13H,4,6-8,11H2/b12-5-. The van der Waals surface area contributed by atoms with Crippen LogP contribution < -0.4 is 0 Å². The molecule has 0 N–H and O–H groups in total. The Labute approximate surface area is 111 Å². The number of ketones is 1. The average molecular weight is 262 g/mol. The van der Waals surface area contributed by atoms with E-state index in [9.17, 15) is 9.00 Å². The lowest BCUT2D eigenvalue weighted by Gasteiger charge is -2.03. The number of Topliss-reactive ketones (excluding diaryl/α,β-unsaturated/α-hetero) is 1. The van der Waals surface area contributed by atoms with Gasteiger partial charge in [0.15, 0.2) is 0 Å². The molecule has 0 saturated heterocycles. The third-order valence-corrected chi connectivity index (χ3v) is 4.48. The first-order valence-electron chi connectivity index (χ1n) is 6.42. The zero-order valence-corrected chi connectivity index (χ0v) is 11.2. The normalized spacial score (nSPS) is 21.6. The molecule has 1 saturated carbocycles. The van der Waals surface area contributed by atoms with Crippen LogP contribution in [0, 0.1) is 5.92 Å². The Balaban J connectivity index is 1.78. The fourth-order valence-corrected chi connectivity index (χ4v) is 3.17. The first-order valence-corrected chi connectivity index (χ1v) is 7.63. The van der Waals surface area contributed by atoms with Crippen LogP contribution in [0.2, 0.25) is 0 Å². The summed E-state index contributed by atoms with van der Waals surface area (Å²) in [6.45, 7) is 0. The van der Waals surface area contributed by atoms with Gasteiger partial charge in [0.2, 0.25) is 0 Å². The van der Waals surface area contributed by atoms with Crippen LogP contribution in [-0.2, 0) is 15.6 Å². The van der Waals surface area contributed by atoms with Gasteiger partial charge in [-0.1, -0.05) is 24.3 Å². The molecule has 2 nitrogen and oxygen atoms in total. The summed E-state index contributed by atoms with van der Waals surface area (Å²) in [7, 11) is -1.06. The monoisotopic (exact) mass is 262 g/mol. The highest BCUT2D eigenvalue weighted by Gasteiger charge is 2.22. The maximum atomic E-state index is 11.9. The molecule has 1 aromatic rings. The van der Waals surface area contributed by atoms with E-state index >= 15 is 0 Å². The molecule has 1 aliphatic carbocycles. The summed E-state index contributed by atoms with van der Waals surface area (Å²) < 4.78 is 11.9. The van der Waals surface area contributed by atoms with Crippen molar-refractivity contribution < 1.29 is 9.00 Å². The Morgan fingerprint density at radius 1 is 1.28 bits per heavy atom. The van der Waals surface area contributed by atoms with Gasteiger partial charge >= 0.3 is 0 Å². The first kappa shape index (κ1) is 13.2. The molecule has 1 fully saturated rings. The van der Waals surface area contributed by atoms with Gasteiger partial charge in [-0.05, 0) is 37.8 Å². The van der Waals surface area contributed by atoms with E-state index in [-0.39, 0.29) is 5.92 Å². The second-order valence-corrected chi connectivity index (χ2v) is 5.95. The molecule has 1 aliphatic rings. The number of rotatable bonds is 5. The van der Waals surface area contributed by atoms with Crippen molar-refractivity contribution in [2.24, 2.45) is 5.92 Å². The van der Waals surface area contributed by atoms with Gasteiger partial charge in [0.1, 0.15) is 5.78 Å². The Morgan fingerprint density at radius 3 is 2.72 bits per heavy atom. The zero-order valence-electron chi connectivity index (χ0n) is 10.4. The van der Waals surface area contributed by atoms with Crippen molar-refractivity contribution in [1.82, 2.24) is 0 Å². The summed E-state index contributed by atoms with van der Waals surface area (Å²) in [6, 6.07) is 9.41. The molecule has 2 rings (SSSR count). The number of hydrogen-bond donors (Lipinski definition) is 0. The van der Waals surface area contributed by atoms with Crippen LogP contribution in [0.4, 0.5) is 0 Å². The van der Waals surface area contributed by atoms with Crippen LogP contribution in [0.15, 0.2) is 46.7 Å². The average Bonchev–Trinajstić information content (AvgIpc) is 2.81. The lowest BCUT2D eigenvalue weighted by Crippen LogP contribution is -2.04. The number of hydrogen-bond acceptors (Lipinski definition) is 2. The predicted molar refractivity (Wildman–Crippen MR) is 73.6 cm³/mol. The van der Waals surface area contributed by atoms with E-state index in [2.05, 4.69) is 0 Å². The fourth-order valence-electron chi connectivity index (χ4n) is 2.28. The molecule has 0 bridgehead atoms. The second kappa shape index (κ2) is 6.64. The van der Waals surface area contributed by atoms with Crippen LogP contribution in [0.25, 0.3) is 0 Å². The van der Waals surface area contributed by atoms with Gasteiger partial charge in [-0.25, -0.2) is 4.21 Å². The fraction of sp³-hybridized carbons (Fsp3) is 0.400. The number of allylic oxidation sites excluding steroid dienone is 1. The molecule has 18 heavy (non-hydrogen) atoms. The number of carbonyl (C=O) groups is 1. The quantitative estimate of drug-likeness (QED) is 0.814. The lowest BCUT2D eigenvalue weighted by molar-refractivity contribution is -0.120. The minimum absolute atomic E-state index is 0.250. The summed E-state index contributed by atoms with van der Waals surface area (Å²) in [5, 5.41) is 1.73. The summed E-state index contributed by atoms with van der Waals surface area (Å²) in [6.07, 6.45) is 6.52. The molecule has 0 amide bonds. The van der Waals surface area contributed by atoms with Crippen molar-refractivity contribution in [1.29, 1.82) is 0 Å². The molecule has 2 atom stereocenters. The van der Waals surface area contributed by atoms with E-state index in [1.807, 2.05) is 36.4 Å². The van der Waals surface area contributed by atoms with Crippen LogP contribution in [0.5, 0.6) is 0 Å². The molecule has 96 valence electrons. The maximum absolute atomic E-state index is 11.9. The minimum atomic E-state index is -1.06. The summed E-state index contributed by atoms with van der Waals surface area (Å²) in [5.41, 5.74) is 0. The SMILES string of the molecule is O=C1CCCC1CC/C=C\S(=O)c1ccccc1. The summed E-state index contributed by atoms with van der Waals surface area (Å²) >= 11 is 0. The van der Waals surface area contributed by atoms with E-state index in [4.69, 9.17) is 0 Å². The number of carbonyl (C=O) groups excluding carboxylic acids is 1. The van der Waals surface area contributed by atoms with Crippen LogP contribution in [0.3, 0.4) is 0 Å². The largest absolute Gasteiger partial charge is 0.299 e. The third-order valence-electron chi connectivity index (χ3n) is 3.31. The molecule has 2 unspecified atom stereocenters. The smallest absolute Gasteiger partial charge is 0.135 e. The molecule has 1 aromatic carbocycles. The van der Waals surface area contributed by atoms with Gasteiger partial charge in [0, 0.05) is 22.6 Å². The van der Waals surface area contributed by atoms with E-state index in [1.54, 1.807) is 5.41 Å². The predicted octanol–water partition coefficient (Wildman–Crippen LogP) is 3.46. The van der Waals surface area contributed by atoms with Crippen LogP contribution >= 0.6 is 0 Å². The van der Waals surface area contributed by atoms with Crippen molar-refractivity contribution >= 4 is 16.6 Å². The molecular weight excluding hydrogens is 244 g/mol. The van der Waals surface area contributed by atoms with Gasteiger partial charge in [0.25, 0.3) is 0 Å². The van der Waals surface area contributed by atoms with Crippen molar-refractivity contribution in [2.75, 3.05) is 0 Å². The van der Waals surface area contributed by atoms with Gasteiger partial charge in [0.05, 0.1) is 10.8 Å². The molecule has 0 radical (unpaired) electrons. The highest BCUT2D eigenvalue weighted by atomic mass is 32.2. The molecule has 0 aromatic heterocycles. The van der Waals surface area contributed by atoms with Crippen LogP contribution in [0.1, 0.15) is 32.1 Å². The molecule has 0 aliphatic heterocycles. The molecule has 0 heterocycles. The van der Waals surface area contributed by atoms with Crippen molar-refractivity contribution in [3.05, 3.63) is 41.8 Å². The zero-order chi connectivity index (χ0) is 12.8. The van der Waals surface area contributed by atoms with E-state index in [1.165, 1.54) is 0 Å². The van der Waals surface area contributed by atoms with Gasteiger partial charge < -0.3 is 0 Å². The van der Waals surface area contributed by atoms with Crippen molar-refractivity contribution in [2.45, 2.75) is 37.0 Å². The molecule has 0 spiro atoms. The Morgan fingerprint density at radius 2 is 2.06 bits per heavy atom. The third kappa shape index (κ3) is 3.64. The minimum Gasteiger partial charge on any atom is -0.299 e. The Bertz CT molecular complexity index is 451. The first-order chi connectivity index (χ1) is 8.77. The van der Waals surface area contributed by atoms with Gasteiger partial charge in [-0.2, -0.15) is 0 Å². The summed E-state index contributed by atoms with van der Waals surface area (Å²) in [4.78, 5) is 12.3. The highest BCUT2D eigenvalue weighted by molar-refractivity contribution is 7.88. The second-order valence-electron chi connectivity index (χ2n) is 4.62. The van der Waals surface area contributed by atoms with Crippen molar-refractivity contribution in [3.63, 3.8) is 0 Å². The highest BCUT2D eigenvalue weighted by Crippen LogP contribution is 2.25. The van der Waals surface area contributed by atoms with E-state index < -0.39 is 10.8 Å². The van der Waals surface area contributed by atoms with Crippen LogP contribution in [-0.4, -0.2) is 9.99 Å². The topological polar surface area (TPSA) is 34.1 Å². The maximum Gasteiger partial charge on any atom is 0.135 e. The van der Waals surface area contributed by atoms with E-state index in [0.29, 0.717) is 5.78 Å². The Kier molecular flexibility index (Phi) is 4.88. The van der Waals surface area contributed by atoms with E-state index in [0.717, 1.165) is 37.0 Å². The Hall–Kier alpha value is -1.22. The lowest BCUT2D eigenvalue weighted by atomic mass is 10.0. The molecular formula is C15H18O2S. The molecule has 3 heteroatoms. The van der Waals surface area contributed by atoms with Gasteiger partial charge in [-0.15, -0.1) is 0 Å².